The van der Waals surface area contributed by atoms with E-state index in [2.05, 4.69) is 94.9 Å². The second-order valence-corrected chi connectivity index (χ2v) is 10.3. The van der Waals surface area contributed by atoms with E-state index >= 15 is 0 Å². The molecule has 2 aromatic heterocycles. The van der Waals surface area contributed by atoms with Gasteiger partial charge in [-0.15, -0.1) is 0 Å². The lowest BCUT2D eigenvalue weighted by molar-refractivity contribution is 1.21. The summed E-state index contributed by atoms with van der Waals surface area (Å²) in [6.07, 6.45) is 5.31. The molecule has 4 nitrogen and oxygen atoms in total. The summed E-state index contributed by atoms with van der Waals surface area (Å²) >= 11 is 0. The van der Waals surface area contributed by atoms with Gasteiger partial charge in [0.15, 0.2) is 0 Å². The maximum Gasteiger partial charge on any atom is 0.0973 e. The fourth-order valence-electron chi connectivity index (χ4n) is 5.94. The van der Waals surface area contributed by atoms with E-state index in [4.69, 9.17) is 9.97 Å². The maximum absolute atomic E-state index is 5.09. The Morgan fingerprint density at radius 3 is 1.40 bits per heavy atom. The van der Waals surface area contributed by atoms with Gasteiger partial charge in [-0.05, 0) is 44.8 Å². The lowest BCUT2D eigenvalue weighted by Crippen LogP contribution is -1.96. The van der Waals surface area contributed by atoms with Crippen LogP contribution in [0.2, 0.25) is 0 Å². The SMILES string of the molecule is c1ccc(-c2nc3ccccc3nc2-c2ccc(-c3c4ccccc4c(-c4cnccn4)c4ccccc34)cc2)cc1. The summed E-state index contributed by atoms with van der Waals surface area (Å²) in [5, 5.41) is 4.67. The van der Waals surface area contributed by atoms with Gasteiger partial charge >= 0.3 is 0 Å². The van der Waals surface area contributed by atoms with E-state index in [1.807, 2.05) is 48.7 Å². The van der Waals surface area contributed by atoms with Crippen molar-refractivity contribution in [3.63, 3.8) is 0 Å². The molecule has 0 saturated heterocycles. The average Bonchev–Trinajstić information content (AvgIpc) is 3.07. The van der Waals surface area contributed by atoms with Crippen LogP contribution in [0.25, 0.3) is 77.5 Å². The number of hydrogen-bond donors (Lipinski definition) is 0. The monoisotopic (exact) mass is 536 g/mol. The van der Waals surface area contributed by atoms with Gasteiger partial charge in [0.1, 0.15) is 0 Å². The predicted octanol–water partition coefficient (Wildman–Crippen LogP) is 9.39. The van der Waals surface area contributed by atoms with Crippen LogP contribution in [-0.2, 0) is 0 Å². The molecule has 0 unspecified atom stereocenters. The lowest BCUT2D eigenvalue weighted by Gasteiger charge is -2.17. The van der Waals surface area contributed by atoms with E-state index in [1.54, 1.807) is 12.4 Å². The van der Waals surface area contributed by atoms with Crippen molar-refractivity contribution in [3.05, 3.63) is 146 Å². The standard InChI is InChI=1S/C38H24N4/c1-2-10-26(11-3-1)37-38(42-33-17-9-8-16-32(33)41-37)27-20-18-25(19-21-27)35-28-12-4-6-14-30(28)36(34-24-39-22-23-40-34)31-15-7-5-13-29(31)35/h1-24H. The van der Waals surface area contributed by atoms with Gasteiger partial charge in [-0.2, -0.15) is 0 Å². The molecule has 6 aromatic carbocycles. The van der Waals surface area contributed by atoms with Gasteiger partial charge in [0.25, 0.3) is 0 Å². The number of rotatable bonds is 4. The second kappa shape index (κ2) is 10.0. The Hall–Kier alpha value is -5.74. The second-order valence-electron chi connectivity index (χ2n) is 10.3. The Balaban J connectivity index is 1.34. The first-order valence-corrected chi connectivity index (χ1v) is 14.0. The van der Waals surface area contributed by atoms with E-state index in [1.165, 1.54) is 16.3 Å². The Kier molecular flexibility index (Phi) is 5.75. The minimum absolute atomic E-state index is 0.870. The van der Waals surface area contributed by atoms with Crippen LogP contribution in [0, 0.1) is 0 Å². The third-order valence-corrected chi connectivity index (χ3v) is 7.82. The van der Waals surface area contributed by atoms with Crippen LogP contribution in [0.3, 0.4) is 0 Å². The van der Waals surface area contributed by atoms with Gasteiger partial charge in [0.2, 0.25) is 0 Å². The highest BCUT2D eigenvalue weighted by Crippen LogP contribution is 2.43. The zero-order chi connectivity index (χ0) is 27.9. The van der Waals surface area contributed by atoms with Gasteiger partial charge in [0.05, 0.1) is 34.3 Å². The Morgan fingerprint density at radius 1 is 0.381 bits per heavy atom. The molecule has 0 saturated carbocycles. The summed E-state index contributed by atoms with van der Waals surface area (Å²) in [6, 6.07) is 44.2. The van der Waals surface area contributed by atoms with Gasteiger partial charge in [-0.25, -0.2) is 9.97 Å². The molecule has 42 heavy (non-hydrogen) atoms. The average molecular weight is 537 g/mol. The van der Waals surface area contributed by atoms with E-state index in [-0.39, 0.29) is 0 Å². The van der Waals surface area contributed by atoms with Crippen molar-refractivity contribution in [2.75, 3.05) is 0 Å². The van der Waals surface area contributed by atoms with Crippen LogP contribution in [0.5, 0.6) is 0 Å². The van der Waals surface area contributed by atoms with Crippen molar-refractivity contribution in [1.29, 1.82) is 0 Å². The Labute approximate surface area is 243 Å². The molecule has 0 bridgehead atoms. The van der Waals surface area contributed by atoms with Crippen LogP contribution >= 0.6 is 0 Å². The summed E-state index contributed by atoms with van der Waals surface area (Å²) < 4.78 is 0. The van der Waals surface area contributed by atoms with Crippen molar-refractivity contribution < 1.29 is 0 Å². The van der Waals surface area contributed by atoms with Crippen LogP contribution in [0.4, 0.5) is 0 Å². The molecule has 0 atom stereocenters. The first-order chi connectivity index (χ1) is 20.8. The molecule has 0 aliphatic carbocycles. The zero-order valence-electron chi connectivity index (χ0n) is 22.6. The van der Waals surface area contributed by atoms with Crippen LogP contribution in [-0.4, -0.2) is 19.9 Å². The number of hydrogen-bond acceptors (Lipinski definition) is 4. The maximum atomic E-state index is 5.09. The molecule has 4 heteroatoms. The number of aromatic nitrogens is 4. The first kappa shape index (κ1) is 24.1. The highest BCUT2D eigenvalue weighted by Gasteiger charge is 2.18. The molecule has 0 N–H and O–H groups in total. The van der Waals surface area contributed by atoms with Crippen LogP contribution in [0.1, 0.15) is 0 Å². The highest BCUT2D eigenvalue weighted by atomic mass is 14.8. The third kappa shape index (κ3) is 4.01. The van der Waals surface area contributed by atoms with Crippen molar-refractivity contribution in [2.24, 2.45) is 0 Å². The summed E-state index contributed by atoms with van der Waals surface area (Å²) in [7, 11) is 0. The molecular formula is C38H24N4. The highest BCUT2D eigenvalue weighted by molar-refractivity contribution is 6.21. The topological polar surface area (TPSA) is 51.6 Å². The third-order valence-electron chi connectivity index (χ3n) is 7.82. The van der Waals surface area contributed by atoms with Crippen molar-refractivity contribution in [2.45, 2.75) is 0 Å². The van der Waals surface area contributed by atoms with Gasteiger partial charge in [-0.3, -0.25) is 9.97 Å². The summed E-state index contributed by atoms with van der Waals surface area (Å²) in [6.45, 7) is 0. The van der Waals surface area contributed by atoms with Crippen molar-refractivity contribution in [3.8, 4) is 44.9 Å². The summed E-state index contributed by atoms with van der Waals surface area (Å²) in [5.41, 5.74) is 9.92. The summed E-state index contributed by atoms with van der Waals surface area (Å²) in [4.78, 5) is 19.2. The molecule has 0 aliphatic rings. The van der Waals surface area contributed by atoms with Gasteiger partial charge < -0.3 is 0 Å². The molecule has 8 rings (SSSR count). The zero-order valence-corrected chi connectivity index (χ0v) is 22.6. The largest absolute Gasteiger partial charge is 0.261 e. The fraction of sp³-hybridized carbons (Fsp3) is 0. The quantitative estimate of drug-likeness (QED) is 0.210. The minimum Gasteiger partial charge on any atom is -0.261 e. The minimum atomic E-state index is 0.870. The fourth-order valence-corrected chi connectivity index (χ4v) is 5.94. The molecule has 0 spiro atoms. The number of nitrogens with zero attached hydrogens (tertiary/aromatic N) is 4. The van der Waals surface area contributed by atoms with E-state index in [0.29, 0.717) is 0 Å². The van der Waals surface area contributed by atoms with Crippen molar-refractivity contribution >= 4 is 32.6 Å². The molecular weight excluding hydrogens is 512 g/mol. The summed E-state index contributed by atoms with van der Waals surface area (Å²) in [5.74, 6) is 0. The normalized spacial score (nSPS) is 11.3. The molecule has 196 valence electrons. The van der Waals surface area contributed by atoms with E-state index < -0.39 is 0 Å². The number of fused-ring (bicyclic) bond motifs is 3. The van der Waals surface area contributed by atoms with E-state index in [9.17, 15) is 0 Å². The van der Waals surface area contributed by atoms with Gasteiger partial charge in [0, 0.05) is 29.1 Å². The number of para-hydroxylation sites is 2. The molecule has 2 heterocycles. The molecule has 0 amide bonds. The molecule has 0 aliphatic heterocycles. The van der Waals surface area contributed by atoms with Crippen LogP contribution in [0.15, 0.2) is 146 Å². The van der Waals surface area contributed by atoms with Crippen molar-refractivity contribution in [1.82, 2.24) is 19.9 Å². The van der Waals surface area contributed by atoms with Gasteiger partial charge in [-0.1, -0.05) is 115 Å². The Bertz CT molecular complexity index is 2170. The molecule has 8 aromatic rings. The lowest BCUT2D eigenvalue weighted by atomic mass is 9.87. The smallest absolute Gasteiger partial charge is 0.0973 e. The molecule has 0 fully saturated rings. The predicted molar refractivity (Wildman–Crippen MR) is 172 cm³/mol. The van der Waals surface area contributed by atoms with E-state index in [0.717, 1.165) is 61.1 Å². The first-order valence-electron chi connectivity index (χ1n) is 14.0. The Morgan fingerprint density at radius 2 is 0.857 bits per heavy atom. The number of benzene rings is 6. The van der Waals surface area contributed by atoms with Crippen LogP contribution < -0.4 is 0 Å². The molecule has 0 radical (unpaired) electrons.